The molecule has 1 aliphatic rings. The van der Waals surface area contributed by atoms with Crippen molar-refractivity contribution in [1.29, 1.82) is 0 Å². The Labute approximate surface area is 173 Å². The molecule has 1 aliphatic heterocycles. The van der Waals surface area contributed by atoms with Crippen LogP contribution in [0, 0.1) is 0 Å². The van der Waals surface area contributed by atoms with Crippen molar-refractivity contribution < 1.29 is 9.26 Å². The van der Waals surface area contributed by atoms with E-state index in [0.29, 0.717) is 13.2 Å². The zero-order valence-corrected chi connectivity index (χ0v) is 17.7. The summed E-state index contributed by atoms with van der Waals surface area (Å²) in [7, 11) is 5.93. The molecule has 2 heterocycles. The summed E-state index contributed by atoms with van der Waals surface area (Å²) in [5, 5.41) is 7.50. The van der Waals surface area contributed by atoms with Gasteiger partial charge in [-0.25, -0.2) is 0 Å². The third kappa shape index (κ3) is 6.47. The number of guanidine groups is 1. The maximum Gasteiger partial charge on any atom is 0.194 e. The molecule has 0 unspecified atom stereocenters. The highest BCUT2D eigenvalue weighted by atomic mass is 16.5. The van der Waals surface area contributed by atoms with Crippen molar-refractivity contribution in [3.8, 4) is 5.75 Å². The number of likely N-dealkylation sites (N-methyl/N-ethyl adjacent to an activating group) is 1. The van der Waals surface area contributed by atoms with Crippen LogP contribution in [-0.4, -0.2) is 86.3 Å². The van der Waals surface area contributed by atoms with Gasteiger partial charge >= 0.3 is 0 Å². The van der Waals surface area contributed by atoms with Gasteiger partial charge in [-0.05, 0) is 20.2 Å². The van der Waals surface area contributed by atoms with Gasteiger partial charge in [0.05, 0.1) is 5.69 Å². The first kappa shape index (κ1) is 21.1. The van der Waals surface area contributed by atoms with Crippen molar-refractivity contribution in [2.45, 2.75) is 13.1 Å². The van der Waals surface area contributed by atoms with Crippen molar-refractivity contribution in [2.75, 3.05) is 60.5 Å². The monoisotopic (exact) mass is 400 g/mol. The molecule has 1 saturated heterocycles. The van der Waals surface area contributed by atoms with Crippen molar-refractivity contribution >= 4 is 5.96 Å². The van der Waals surface area contributed by atoms with E-state index in [-0.39, 0.29) is 0 Å². The molecule has 0 radical (unpaired) electrons. The fourth-order valence-electron chi connectivity index (χ4n) is 3.30. The molecule has 8 heteroatoms. The molecule has 0 spiro atoms. The van der Waals surface area contributed by atoms with Crippen LogP contribution in [0.3, 0.4) is 0 Å². The van der Waals surface area contributed by atoms with Crippen LogP contribution in [0.1, 0.15) is 11.3 Å². The van der Waals surface area contributed by atoms with E-state index in [2.05, 4.69) is 36.2 Å². The highest BCUT2D eigenvalue weighted by Gasteiger charge is 2.20. The van der Waals surface area contributed by atoms with Gasteiger partial charge in [-0.1, -0.05) is 23.4 Å². The predicted octanol–water partition coefficient (Wildman–Crippen LogP) is 1.51. The van der Waals surface area contributed by atoms with Gasteiger partial charge in [0.2, 0.25) is 0 Å². The van der Waals surface area contributed by atoms with E-state index >= 15 is 0 Å². The number of benzene rings is 1. The normalized spacial score (nSPS) is 15.7. The van der Waals surface area contributed by atoms with Crippen LogP contribution in [-0.2, 0) is 13.1 Å². The Morgan fingerprint density at radius 1 is 1.21 bits per heavy atom. The molecule has 0 atom stereocenters. The summed E-state index contributed by atoms with van der Waals surface area (Å²) in [6, 6.07) is 10.1. The molecule has 1 N–H and O–H groups in total. The lowest BCUT2D eigenvalue weighted by molar-refractivity contribution is 0.169. The standard InChI is InChI=1S/C21H32N6O2/c1-22-21(27-11-9-26(10-12-27)17-19-8-14-29-24-19)23-16-18-6-4-5-7-20(18)28-15-13-25(2)3/h4-8,14H,9-13,15-17H2,1-3H3,(H,22,23). The van der Waals surface area contributed by atoms with Gasteiger partial charge in [-0.15, -0.1) is 0 Å². The van der Waals surface area contributed by atoms with E-state index in [1.807, 2.05) is 45.4 Å². The highest BCUT2D eigenvalue weighted by molar-refractivity contribution is 5.80. The lowest BCUT2D eigenvalue weighted by atomic mass is 10.2. The number of ether oxygens (including phenoxy) is 1. The fraction of sp³-hybridized carbons (Fsp3) is 0.524. The SMILES string of the molecule is CN=C(NCc1ccccc1OCCN(C)C)N1CCN(Cc2ccon2)CC1. The number of hydrogen-bond acceptors (Lipinski definition) is 6. The average Bonchev–Trinajstić information content (AvgIpc) is 3.23. The summed E-state index contributed by atoms with van der Waals surface area (Å²) in [4.78, 5) is 11.3. The number of piperazine rings is 1. The largest absolute Gasteiger partial charge is 0.492 e. The molecule has 1 aromatic heterocycles. The second-order valence-corrected chi connectivity index (χ2v) is 7.41. The summed E-state index contributed by atoms with van der Waals surface area (Å²) in [6.45, 7) is 6.87. The molecule has 1 fully saturated rings. The van der Waals surface area contributed by atoms with E-state index in [0.717, 1.165) is 62.2 Å². The van der Waals surface area contributed by atoms with E-state index < -0.39 is 0 Å². The van der Waals surface area contributed by atoms with Gasteiger partial charge in [-0.3, -0.25) is 9.89 Å². The summed E-state index contributed by atoms with van der Waals surface area (Å²) < 4.78 is 10.9. The highest BCUT2D eigenvalue weighted by Crippen LogP contribution is 2.18. The molecular weight excluding hydrogens is 368 g/mol. The van der Waals surface area contributed by atoms with Crippen LogP contribution in [0.15, 0.2) is 46.1 Å². The Morgan fingerprint density at radius 3 is 2.69 bits per heavy atom. The predicted molar refractivity (Wildman–Crippen MR) is 114 cm³/mol. The van der Waals surface area contributed by atoms with Gasteiger partial charge in [0.15, 0.2) is 5.96 Å². The fourth-order valence-corrected chi connectivity index (χ4v) is 3.30. The van der Waals surface area contributed by atoms with Crippen molar-refractivity contribution in [3.63, 3.8) is 0 Å². The number of nitrogens with one attached hydrogen (secondary N) is 1. The van der Waals surface area contributed by atoms with Crippen molar-refractivity contribution in [1.82, 2.24) is 25.2 Å². The summed E-state index contributed by atoms with van der Waals surface area (Å²) in [5.74, 6) is 1.85. The van der Waals surface area contributed by atoms with Gasteiger partial charge in [0, 0.05) is 64.5 Å². The van der Waals surface area contributed by atoms with Crippen LogP contribution in [0.5, 0.6) is 5.75 Å². The minimum Gasteiger partial charge on any atom is -0.492 e. The van der Waals surface area contributed by atoms with E-state index in [1.54, 1.807) is 6.26 Å². The lowest BCUT2D eigenvalue weighted by Crippen LogP contribution is -2.52. The average molecular weight is 401 g/mol. The van der Waals surface area contributed by atoms with E-state index in [4.69, 9.17) is 9.26 Å². The molecule has 2 aromatic rings. The topological polar surface area (TPSA) is 69.4 Å². The minimum atomic E-state index is 0.673. The number of hydrogen-bond donors (Lipinski definition) is 1. The number of para-hydroxylation sites is 1. The van der Waals surface area contributed by atoms with Gasteiger partial charge in [0.25, 0.3) is 0 Å². The van der Waals surface area contributed by atoms with Crippen molar-refractivity contribution in [3.05, 3.63) is 47.9 Å². The number of aliphatic imine (C=N–C) groups is 1. The Balaban J connectivity index is 1.48. The third-order valence-electron chi connectivity index (χ3n) is 4.97. The molecule has 158 valence electrons. The van der Waals surface area contributed by atoms with Crippen LogP contribution in [0.4, 0.5) is 0 Å². The summed E-state index contributed by atoms with van der Waals surface area (Å²) >= 11 is 0. The molecule has 0 saturated carbocycles. The molecule has 29 heavy (non-hydrogen) atoms. The lowest BCUT2D eigenvalue weighted by Gasteiger charge is -2.36. The van der Waals surface area contributed by atoms with Gasteiger partial charge in [-0.2, -0.15) is 0 Å². The number of rotatable bonds is 8. The number of nitrogens with zero attached hydrogens (tertiary/aromatic N) is 5. The van der Waals surface area contributed by atoms with Gasteiger partial charge < -0.3 is 24.4 Å². The second-order valence-electron chi connectivity index (χ2n) is 7.41. The molecule has 0 amide bonds. The van der Waals surface area contributed by atoms with Crippen molar-refractivity contribution in [2.24, 2.45) is 4.99 Å². The first-order valence-corrected chi connectivity index (χ1v) is 10.1. The smallest absolute Gasteiger partial charge is 0.194 e. The van der Waals surface area contributed by atoms with E-state index in [9.17, 15) is 0 Å². The first-order valence-electron chi connectivity index (χ1n) is 10.1. The second kappa shape index (κ2) is 10.8. The van der Waals surface area contributed by atoms with Crippen LogP contribution in [0.25, 0.3) is 0 Å². The Kier molecular flexibility index (Phi) is 7.89. The summed E-state index contributed by atoms with van der Waals surface area (Å²) in [5.41, 5.74) is 2.11. The maximum absolute atomic E-state index is 5.97. The Morgan fingerprint density at radius 2 is 2.00 bits per heavy atom. The Hall–Kier alpha value is -2.58. The zero-order valence-electron chi connectivity index (χ0n) is 17.7. The Bertz CT molecular complexity index is 754. The molecular formula is C21H32N6O2. The summed E-state index contributed by atoms with van der Waals surface area (Å²) in [6.07, 6.45) is 1.62. The minimum absolute atomic E-state index is 0.673. The molecule has 3 rings (SSSR count). The number of aromatic nitrogens is 1. The first-order chi connectivity index (χ1) is 14.2. The van der Waals surface area contributed by atoms with Crippen LogP contribution < -0.4 is 10.1 Å². The quantitative estimate of drug-likeness (QED) is 0.532. The maximum atomic E-state index is 5.97. The van der Waals surface area contributed by atoms with Gasteiger partial charge in [0.1, 0.15) is 18.6 Å². The zero-order chi connectivity index (χ0) is 20.5. The van der Waals surface area contributed by atoms with E-state index in [1.165, 1.54) is 0 Å². The van der Waals surface area contributed by atoms with Crippen LogP contribution >= 0.6 is 0 Å². The van der Waals surface area contributed by atoms with Crippen LogP contribution in [0.2, 0.25) is 0 Å². The molecule has 0 bridgehead atoms. The molecule has 1 aromatic carbocycles. The molecule has 0 aliphatic carbocycles. The molecule has 8 nitrogen and oxygen atoms in total. The third-order valence-corrected chi connectivity index (χ3v) is 4.97.